The molecule has 0 aliphatic carbocycles. The maximum atomic E-state index is 13.6. The van der Waals surface area contributed by atoms with E-state index in [1.54, 1.807) is 23.2 Å². The van der Waals surface area contributed by atoms with Crippen LogP contribution in [0.3, 0.4) is 0 Å². The van der Waals surface area contributed by atoms with Crippen LogP contribution in [-0.2, 0) is 16.1 Å². The van der Waals surface area contributed by atoms with Crippen LogP contribution in [0.2, 0.25) is 0 Å². The van der Waals surface area contributed by atoms with Gasteiger partial charge in [0.2, 0.25) is 5.91 Å². The zero-order chi connectivity index (χ0) is 24.0. The normalized spacial score (nSPS) is 19.4. The molecule has 34 heavy (non-hydrogen) atoms. The van der Waals surface area contributed by atoms with E-state index in [1.165, 1.54) is 17.0 Å². The Balaban J connectivity index is 1.61. The molecule has 170 valence electrons. The first kappa shape index (κ1) is 22.4. The number of hydrogen-bond acceptors (Lipinski definition) is 6. The molecule has 0 radical (unpaired) electrons. The molecular weight excluding hydrogens is 568 g/mol. The van der Waals surface area contributed by atoms with Crippen LogP contribution >= 0.6 is 31.9 Å². The van der Waals surface area contributed by atoms with E-state index in [0.717, 1.165) is 10.0 Å². The number of benzene rings is 3. The number of imide groups is 1. The van der Waals surface area contributed by atoms with E-state index in [4.69, 9.17) is 0 Å². The predicted molar refractivity (Wildman–Crippen MR) is 133 cm³/mol. The van der Waals surface area contributed by atoms with Crippen LogP contribution in [0.15, 0.2) is 86.8 Å². The maximum Gasteiger partial charge on any atom is 0.270 e. The number of hydrazone groups is 1. The number of hydrogen-bond donors (Lipinski definition) is 0. The van der Waals surface area contributed by atoms with E-state index < -0.39 is 16.9 Å². The predicted octanol–water partition coefficient (Wildman–Crippen LogP) is 4.90. The molecule has 2 unspecified atom stereocenters. The van der Waals surface area contributed by atoms with Gasteiger partial charge in [0.1, 0.15) is 12.0 Å². The van der Waals surface area contributed by atoms with Gasteiger partial charge in [0.05, 0.1) is 22.9 Å². The first-order valence-corrected chi connectivity index (χ1v) is 11.9. The SMILES string of the molecule is O=C1C2C(c3cccc([N+](=O)[O-])c3)=NN(c3ccc(Br)cc3Br)C2C(=O)N1Cc1ccccc1. The third-order valence-corrected chi connectivity index (χ3v) is 6.96. The van der Waals surface area contributed by atoms with Gasteiger partial charge < -0.3 is 0 Å². The van der Waals surface area contributed by atoms with E-state index in [1.807, 2.05) is 42.5 Å². The molecule has 0 saturated carbocycles. The largest absolute Gasteiger partial charge is 0.276 e. The number of halogens is 2. The van der Waals surface area contributed by atoms with Gasteiger partial charge in [-0.1, -0.05) is 58.4 Å². The number of nitro benzene ring substituents is 1. The Hall–Kier alpha value is -3.37. The Morgan fingerprint density at radius 3 is 2.41 bits per heavy atom. The molecule has 1 saturated heterocycles. The van der Waals surface area contributed by atoms with E-state index >= 15 is 0 Å². The number of likely N-dealkylation sites (tertiary alicyclic amines) is 1. The second kappa shape index (κ2) is 8.77. The van der Waals surface area contributed by atoms with Gasteiger partial charge in [-0.15, -0.1) is 0 Å². The minimum absolute atomic E-state index is 0.113. The molecular formula is C24H16Br2N4O4. The Bertz CT molecular complexity index is 1360. The average Bonchev–Trinajstić information content (AvgIpc) is 3.32. The molecule has 0 aromatic heterocycles. The van der Waals surface area contributed by atoms with Gasteiger partial charge in [0.15, 0.2) is 0 Å². The fourth-order valence-corrected chi connectivity index (χ4v) is 5.50. The molecule has 3 aromatic carbocycles. The lowest BCUT2D eigenvalue weighted by Gasteiger charge is -2.23. The van der Waals surface area contributed by atoms with Crippen LogP contribution in [0, 0.1) is 16.0 Å². The molecule has 0 N–H and O–H groups in total. The fraction of sp³-hybridized carbons (Fsp3) is 0.125. The zero-order valence-corrected chi connectivity index (χ0v) is 20.6. The van der Waals surface area contributed by atoms with Crippen molar-refractivity contribution in [1.29, 1.82) is 0 Å². The van der Waals surface area contributed by atoms with E-state index in [9.17, 15) is 19.7 Å². The smallest absolute Gasteiger partial charge is 0.270 e. The van der Waals surface area contributed by atoms with Crippen molar-refractivity contribution in [2.45, 2.75) is 12.6 Å². The van der Waals surface area contributed by atoms with Crippen molar-refractivity contribution < 1.29 is 14.5 Å². The lowest BCUT2D eigenvalue weighted by atomic mass is 9.92. The topological polar surface area (TPSA) is 96.1 Å². The molecule has 10 heteroatoms. The minimum atomic E-state index is -0.886. The maximum absolute atomic E-state index is 13.6. The molecule has 2 atom stereocenters. The molecule has 2 aliphatic rings. The first-order chi connectivity index (χ1) is 16.3. The number of non-ortho nitro benzene ring substituents is 1. The van der Waals surface area contributed by atoms with Gasteiger partial charge in [-0.05, 0) is 39.7 Å². The number of carbonyl (C=O) groups excluding carboxylic acids is 2. The quantitative estimate of drug-likeness (QED) is 0.242. The monoisotopic (exact) mass is 582 g/mol. The number of amides is 2. The van der Waals surface area contributed by atoms with Gasteiger partial charge in [-0.2, -0.15) is 5.10 Å². The molecule has 2 aliphatic heterocycles. The van der Waals surface area contributed by atoms with Crippen LogP contribution in [0.4, 0.5) is 11.4 Å². The summed E-state index contributed by atoms with van der Waals surface area (Å²) in [7, 11) is 0. The van der Waals surface area contributed by atoms with Crippen molar-refractivity contribution >= 4 is 60.8 Å². The van der Waals surface area contributed by atoms with Crippen LogP contribution in [0.25, 0.3) is 0 Å². The van der Waals surface area contributed by atoms with Gasteiger partial charge >= 0.3 is 0 Å². The van der Waals surface area contributed by atoms with Gasteiger partial charge in [0, 0.05) is 26.6 Å². The summed E-state index contributed by atoms with van der Waals surface area (Å²) in [5, 5.41) is 17.5. The molecule has 2 amide bonds. The number of carbonyl (C=O) groups is 2. The summed E-state index contributed by atoms with van der Waals surface area (Å²) in [6, 6.07) is 19.8. The van der Waals surface area contributed by atoms with Crippen molar-refractivity contribution in [3.8, 4) is 0 Å². The molecule has 8 nitrogen and oxygen atoms in total. The number of nitrogens with zero attached hydrogens (tertiary/aromatic N) is 4. The highest BCUT2D eigenvalue weighted by Crippen LogP contribution is 2.41. The lowest BCUT2D eigenvalue weighted by Crippen LogP contribution is -2.39. The van der Waals surface area contributed by atoms with Crippen molar-refractivity contribution in [3.05, 3.63) is 103 Å². The molecule has 5 rings (SSSR count). The fourth-order valence-electron chi connectivity index (χ4n) is 4.28. The third kappa shape index (κ3) is 3.82. The first-order valence-electron chi connectivity index (χ1n) is 10.3. The molecule has 2 heterocycles. The van der Waals surface area contributed by atoms with E-state index in [0.29, 0.717) is 21.4 Å². The molecule has 0 bridgehead atoms. The van der Waals surface area contributed by atoms with Gasteiger partial charge in [-0.25, -0.2) is 0 Å². The summed E-state index contributed by atoms with van der Waals surface area (Å²) in [5.41, 5.74) is 2.09. The van der Waals surface area contributed by atoms with Gasteiger partial charge in [0.25, 0.3) is 11.6 Å². The second-order valence-electron chi connectivity index (χ2n) is 7.90. The standard InChI is InChI=1S/C24H16Br2N4O4/c25-16-9-10-19(18(26)12-16)29-22-20(21(27-29)15-7-4-8-17(11-15)30(33)34)23(31)28(24(22)32)13-14-5-2-1-3-6-14/h1-12,20,22H,13H2. The van der Waals surface area contributed by atoms with E-state index in [-0.39, 0.29) is 24.0 Å². The molecule has 3 aromatic rings. The average molecular weight is 584 g/mol. The minimum Gasteiger partial charge on any atom is -0.276 e. The van der Waals surface area contributed by atoms with Crippen LogP contribution < -0.4 is 5.01 Å². The number of anilines is 1. The van der Waals surface area contributed by atoms with Crippen molar-refractivity contribution in [1.82, 2.24) is 4.90 Å². The van der Waals surface area contributed by atoms with Crippen molar-refractivity contribution in [3.63, 3.8) is 0 Å². The summed E-state index contributed by atoms with van der Waals surface area (Å²) in [6.07, 6.45) is 0. The van der Waals surface area contributed by atoms with Crippen LogP contribution in [0.5, 0.6) is 0 Å². The summed E-state index contributed by atoms with van der Waals surface area (Å²) >= 11 is 6.95. The summed E-state index contributed by atoms with van der Waals surface area (Å²) < 4.78 is 1.52. The number of rotatable bonds is 5. The molecule has 1 fully saturated rings. The highest BCUT2D eigenvalue weighted by molar-refractivity contribution is 9.11. The van der Waals surface area contributed by atoms with Crippen molar-refractivity contribution in [2.75, 3.05) is 5.01 Å². The number of fused-ring (bicyclic) bond motifs is 1. The highest BCUT2D eigenvalue weighted by Gasteiger charge is 2.57. The van der Waals surface area contributed by atoms with E-state index in [2.05, 4.69) is 37.0 Å². The summed E-state index contributed by atoms with van der Waals surface area (Å²) in [5.74, 6) is -1.62. The number of nitro groups is 1. The Morgan fingerprint density at radius 1 is 0.941 bits per heavy atom. The lowest BCUT2D eigenvalue weighted by molar-refractivity contribution is -0.384. The van der Waals surface area contributed by atoms with Crippen LogP contribution in [-0.4, -0.2) is 33.4 Å². The Kier molecular flexibility index (Phi) is 5.78. The summed E-state index contributed by atoms with van der Waals surface area (Å²) in [6.45, 7) is 0.142. The highest BCUT2D eigenvalue weighted by atomic mass is 79.9. The Labute approximate surface area is 211 Å². The van der Waals surface area contributed by atoms with Gasteiger partial charge in [-0.3, -0.25) is 29.6 Å². The zero-order valence-electron chi connectivity index (χ0n) is 17.5. The van der Waals surface area contributed by atoms with Crippen molar-refractivity contribution in [2.24, 2.45) is 11.0 Å². The Morgan fingerprint density at radius 2 is 1.71 bits per heavy atom. The third-order valence-electron chi connectivity index (χ3n) is 5.83. The summed E-state index contributed by atoms with van der Waals surface area (Å²) in [4.78, 5) is 39.2. The second-order valence-corrected chi connectivity index (χ2v) is 9.67. The molecule has 0 spiro atoms. The van der Waals surface area contributed by atoms with Crippen LogP contribution in [0.1, 0.15) is 11.1 Å².